The van der Waals surface area contributed by atoms with E-state index >= 15 is 0 Å². The molecule has 0 radical (unpaired) electrons. The Morgan fingerprint density at radius 1 is 1.09 bits per heavy atom. The number of rotatable bonds is 2. The van der Waals surface area contributed by atoms with E-state index in [0.29, 0.717) is 10.8 Å². The van der Waals surface area contributed by atoms with Gasteiger partial charge in [-0.15, -0.1) is 11.3 Å². The highest BCUT2D eigenvalue weighted by Gasteiger charge is 2.50. The third-order valence-electron chi connectivity index (χ3n) is 4.81. The number of amides is 2. The average molecular weight is 337 g/mol. The van der Waals surface area contributed by atoms with Gasteiger partial charge in [0.1, 0.15) is 5.00 Å². The van der Waals surface area contributed by atoms with E-state index < -0.39 is 5.97 Å². The number of carboxylic acid groups (broad SMARTS) is 1. The van der Waals surface area contributed by atoms with Crippen molar-refractivity contribution in [3.63, 3.8) is 0 Å². The van der Waals surface area contributed by atoms with E-state index in [9.17, 15) is 19.5 Å². The predicted molar refractivity (Wildman–Crippen MR) is 84.2 cm³/mol. The molecule has 2 atom stereocenters. The van der Waals surface area contributed by atoms with E-state index in [4.69, 9.17) is 0 Å². The molecule has 7 heteroatoms. The average Bonchev–Trinajstić information content (AvgIpc) is 3.12. The zero-order valence-corrected chi connectivity index (χ0v) is 13.5. The largest absolute Gasteiger partial charge is 0.478 e. The summed E-state index contributed by atoms with van der Waals surface area (Å²) < 4.78 is 0. The lowest BCUT2D eigenvalue weighted by Crippen LogP contribution is -2.31. The number of carbonyl (C=O) groups excluding carboxylic acids is 2. The Bertz CT molecular complexity index is 672. The molecule has 0 spiro atoms. The summed E-state index contributed by atoms with van der Waals surface area (Å²) in [6, 6.07) is 0. The lowest BCUT2D eigenvalue weighted by Gasteiger charge is -2.19. The first-order valence-corrected chi connectivity index (χ1v) is 9.40. The van der Waals surface area contributed by atoms with E-state index in [1.807, 2.05) is 0 Å². The van der Waals surface area contributed by atoms with Crippen molar-refractivity contribution in [2.45, 2.75) is 37.2 Å². The van der Waals surface area contributed by atoms with Crippen LogP contribution >= 0.6 is 23.1 Å². The zero-order valence-electron chi connectivity index (χ0n) is 11.8. The molecular weight excluding hydrogens is 322 g/mol. The number of carbonyl (C=O) groups is 3. The van der Waals surface area contributed by atoms with Gasteiger partial charge in [-0.05, 0) is 18.4 Å². The maximum absolute atomic E-state index is 12.7. The standard InChI is InChI=1S/C15H15NO4S2/c17-12-7-3-1-2-4-8(7)13(18)16(12)14-11(15(19)20)9-5-21-6-10(9)22-14/h7-8H,1-6H2,(H,19,20). The highest BCUT2D eigenvalue weighted by atomic mass is 32.2. The van der Waals surface area contributed by atoms with Gasteiger partial charge in [0.25, 0.3) is 0 Å². The number of thiophene rings is 1. The Morgan fingerprint density at radius 3 is 2.32 bits per heavy atom. The molecule has 2 amide bonds. The van der Waals surface area contributed by atoms with Crippen molar-refractivity contribution in [1.82, 2.24) is 0 Å². The molecule has 0 bridgehead atoms. The second kappa shape index (κ2) is 5.09. The molecule has 1 N–H and O–H groups in total. The van der Waals surface area contributed by atoms with Gasteiger partial charge in [-0.1, -0.05) is 12.8 Å². The van der Waals surface area contributed by atoms with Gasteiger partial charge in [0.05, 0.1) is 17.4 Å². The van der Waals surface area contributed by atoms with Gasteiger partial charge in [0.2, 0.25) is 11.8 Å². The SMILES string of the molecule is O=C(O)c1c(N2C(=O)C3CCCCC3C2=O)sc2c1CSC2. The molecule has 4 rings (SSSR count). The molecule has 1 aromatic rings. The molecule has 2 aliphatic heterocycles. The van der Waals surface area contributed by atoms with Crippen molar-refractivity contribution >= 4 is 45.9 Å². The van der Waals surface area contributed by atoms with E-state index in [0.717, 1.165) is 41.9 Å². The fourth-order valence-corrected chi connectivity index (χ4v) is 6.43. The molecule has 5 nitrogen and oxygen atoms in total. The van der Waals surface area contributed by atoms with E-state index in [1.165, 1.54) is 16.2 Å². The minimum absolute atomic E-state index is 0.172. The molecular formula is C15H15NO4S2. The quantitative estimate of drug-likeness (QED) is 0.840. The third kappa shape index (κ3) is 1.88. The van der Waals surface area contributed by atoms with E-state index in [2.05, 4.69) is 0 Å². The molecule has 1 aliphatic carbocycles. The topological polar surface area (TPSA) is 74.7 Å². The molecule has 1 saturated heterocycles. The minimum atomic E-state index is -1.04. The summed E-state index contributed by atoms with van der Waals surface area (Å²) in [5.74, 6) is -0.483. The Labute approximate surface area is 135 Å². The number of thioether (sulfide) groups is 1. The summed E-state index contributed by atoms with van der Waals surface area (Å²) in [7, 11) is 0. The van der Waals surface area contributed by atoms with E-state index in [-0.39, 0.29) is 29.2 Å². The van der Waals surface area contributed by atoms with Crippen molar-refractivity contribution in [3.05, 3.63) is 16.0 Å². The lowest BCUT2D eigenvalue weighted by molar-refractivity contribution is -0.122. The van der Waals surface area contributed by atoms with E-state index in [1.54, 1.807) is 11.8 Å². The lowest BCUT2D eigenvalue weighted by atomic mass is 9.81. The van der Waals surface area contributed by atoms with Crippen LogP contribution in [0.4, 0.5) is 5.00 Å². The summed E-state index contributed by atoms with van der Waals surface area (Å²) in [6.07, 6.45) is 3.43. The summed E-state index contributed by atoms with van der Waals surface area (Å²) in [6.45, 7) is 0. The zero-order chi connectivity index (χ0) is 15.4. The molecule has 1 saturated carbocycles. The maximum atomic E-state index is 12.7. The monoisotopic (exact) mass is 337 g/mol. The van der Waals surface area contributed by atoms with Crippen molar-refractivity contribution in [2.24, 2.45) is 11.8 Å². The van der Waals surface area contributed by atoms with Crippen LogP contribution in [0.1, 0.15) is 46.5 Å². The Balaban J connectivity index is 1.81. The van der Waals surface area contributed by atoms with Crippen LogP contribution in [-0.4, -0.2) is 22.9 Å². The number of imide groups is 1. The van der Waals surface area contributed by atoms with Crippen LogP contribution in [0.25, 0.3) is 0 Å². The van der Waals surface area contributed by atoms with Gasteiger partial charge in [-0.3, -0.25) is 9.59 Å². The van der Waals surface area contributed by atoms with Crippen LogP contribution in [-0.2, 0) is 21.1 Å². The second-order valence-corrected chi connectivity index (χ2v) is 8.06. The maximum Gasteiger partial charge on any atom is 0.339 e. The van der Waals surface area contributed by atoms with Crippen molar-refractivity contribution in [1.29, 1.82) is 0 Å². The number of nitrogens with zero attached hydrogens (tertiary/aromatic N) is 1. The van der Waals surface area contributed by atoms with Crippen LogP contribution in [0.15, 0.2) is 0 Å². The smallest absolute Gasteiger partial charge is 0.339 e. The second-order valence-electron chi connectivity index (χ2n) is 5.99. The molecule has 2 fully saturated rings. The minimum Gasteiger partial charge on any atom is -0.478 e. The Morgan fingerprint density at radius 2 is 1.73 bits per heavy atom. The summed E-state index contributed by atoms with van der Waals surface area (Å²) in [5.41, 5.74) is 0.971. The van der Waals surface area contributed by atoms with Crippen LogP contribution in [0.3, 0.4) is 0 Å². The van der Waals surface area contributed by atoms with Crippen LogP contribution in [0, 0.1) is 11.8 Å². The first-order chi connectivity index (χ1) is 10.6. The third-order valence-corrected chi connectivity index (χ3v) is 7.20. The van der Waals surface area contributed by atoms with Gasteiger partial charge in [0.15, 0.2) is 0 Å². The molecule has 1 aromatic heterocycles. The summed E-state index contributed by atoms with van der Waals surface area (Å²) >= 11 is 2.98. The number of aromatic carboxylic acids is 1. The van der Waals surface area contributed by atoms with Crippen molar-refractivity contribution in [2.75, 3.05) is 4.90 Å². The fraction of sp³-hybridized carbons (Fsp3) is 0.533. The summed E-state index contributed by atoms with van der Waals surface area (Å²) in [4.78, 5) is 39.2. The van der Waals surface area contributed by atoms with Crippen LogP contribution in [0.2, 0.25) is 0 Å². The highest BCUT2D eigenvalue weighted by Crippen LogP contribution is 2.48. The molecule has 3 aliphatic rings. The van der Waals surface area contributed by atoms with Gasteiger partial charge in [-0.25, -0.2) is 9.69 Å². The van der Waals surface area contributed by atoms with Crippen LogP contribution < -0.4 is 4.90 Å². The molecule has 116 valence electrons. The number of hydrogen-bond acceptors (Lipinski definition) is 5. The van der Waals surface area contributed by atoms with Crippen molar-refractivity contribution in [3.8, 4) is 0 Å². The van der Waals surface area contributed by atoms with Gasteiger partial charge in [0, 0.05) is 16.4 Å². The number of fused-ring (bicyclic) bond motifs is 2. The first kappa shape index (κ1) is 14.3. The Hall–Kier alpha value is -1.34. The number of anilines is 1. The molecule has 0 aromatic carbocycles. The molecule has 3 heterocycles. The number of hydrogen-bond donors (Lipinski definition) is 1. The Kier molecular flexibility index (Phi) is 3.30. The molecule has 2 unspecified atom stereocenters. The van der Waals surface area contributed by atoms with Crippen molar-refractivity contribution < 1.29 is 19.5 Å². The van der Waals surface area contributed by atoms with Gasteiger partial charge < -0.3 is 5.11 Å². The predicted octanol–water partition coefficient (Wildman–Crippen LogP) is 2.87. The first-order valence-electron chi connectivity index (χ1n) is 7.43. The molecule has 22 heavy (non-hydrogen) atoms. The normalized spacial score (nSPS) is 27.2. The van der Waals surface area contributed by atoms with Gasteiger partial charge in [-0.2, -0.15) is 11.8 Å². The summed E-state index contributed by atoms with van der Waals surface area (Å²) in [5, 5.41) is 9.91. The van der Waals surface area contributed by atoms with Gasteiger partial charge >= 0.3 is 5.97 Å². The number of carboxylic acids is 1. The fourth-order valence-electron chi connectivity index (χ4n) is 3.75. The van der Waals surface area contributed by atoms with Crippen LogP contribution in [0.5, 0.6) is 0 Å². The highest BCUT2D eigenvalue weighted by molar-refractivity contribution is 7.98.